The van der Waals surface area contributed by atoms with Crippen molar-refractivity contribution < 1.29 is 37.6 Å². The van der Waals surface area contributed by atoms with Crippen molar-refractivity contribution in [2.24, 2.45) is 0 Å². The summed E-state index contributed by atoms with van der Waals surface area (Å²) < 4.78 is 35.8. The first-order valence-corrected chi connectivity index (χ1v) is 12.6. The average Bonchev–Trinajstić information content (AvgIpc) is 2.89. The van der Waals surface area contributed by atoms with E-state index in [2.05, 4.69) is 5.32 Å². The molecular weight excluding hydrogens is 503 g/mol. The topological polar surface area (TPSA) is 143 Å². The number of hydrogen-bond donors (Lipinski definition) is 1. The molecule has 0 bridgehead atoms. The molecule has 0 aliphatic heterocycles. The van der Waals surface area contributed by atoms with Crippen LogP contribution >= 0.6 is 7.60 Å². The first-order chi connectivity index (χ1) is 17.7. The second-order valence-electron chi connectivity index (χ2n) is 7.72. The molecule has 0 spiro atoms. The Balaban J connectivity index is 2.13. The van der Waals surface area contributed by atoms with Gasteiger partial charge in [-0.05, 0) is 42.8 Å². The zero-order valence-corrected chi connectivity index (χ0v) is 21.1. The van der Waals surface area contributed by atoms with Crippen LogP contribution in [0.15, 0.2) is 78.9 Å². The standard InChI is InChI=1S/C25H25N2O9P/c1-17-16-18(27(30)31)14-15-21(17)26-22(24(28)33-2)23(25(29)34-3)37(32,35-19-10-6-4-7-11-19)36-20-12-8-5-9-13-20/h4-16,22-23,26H,1-3H3/t22-,23+/m0/s1. The highest BCUT2D eigenvalue weighted by Crippen LogP contribution is 2.55. The Bertz CT molecular complexity index is 1260. The second kappa shape index (κ2) is 12.0. The number of methoxy groups -OCH3 is 2. The summed E-state index contributed by atoms with van der Waals surface area (Å²) >= 11 is 0. The zero-order valence-electron chi connectivity index (χ0n) is 20.2. The van der Waals surface area contributed by atoms with Crippen LogP contribution in [0.1, 0.15) is 5.56 Å². The number of benzene rings is 3. The van der Waals surface area contributed by atoms with Gasteiger partial charge in [0.1, 0.15) is 11.5 Å². The molecule has 0 saturated heterocycles. The number of ether oxygens (including phenoxy) is 2. The van der Waals surface area contributed by atoms with Gasteiger partial charge in [-0.25, -0.2) is 9.36 Å². The summed E-state index contributed by atoms with van der Waals surface area (Å²) in [6, 6.07) is 18.2. The minimum absolute atomic E-state index is 0.116. The fourth-order valence-electron chi connectivity index (χ4n) is 3.44. The first kappa shape index (κ1) is 27.2. The number of anilines is 1. The highest BCUT2D eigenvalue weighted by molar-refractivity contribution is 7.56. The lowest BCUT2D eigenvalue weighted by molar-refractivity contribution is -0.384. The fourth-order valence-corrected chi connectivity index (χ4v) is 5.46. The van der Waals surface area contributed by atoms with Gasteiger partial charge in [0.05, 0.1) is 19.1 Å². The Morgan fingerprint density at radius 1 is 0.865 bits per heavy atom. The lowest BCUT2D eigenvalue weighted by atomic mass is 10.1. The molecule has 0 amide bonds. The van der Waals surface area contributed by atoms with Gasteiger partial charge in [-0.15, -0.1) is 0 Å². The molecular formula is C25H25N2O9P. The Labute approximate surface area is 213 Å². The van der Waals surface area contributed by atoms with E-state index in [0.717, 1.165) is 14.2 Å². The summed E-state index contributed by atoms with van der Waals surface area (Å²) in [7, 11) is -2.43. The van der Waals surface area contributed by atoms with Crippen LogP contribution in [0.2, 0.25) is 0 Å². The predicted molar refractivity (Wildman–Crippen MR) is 135 cm³/mol. The van der Waals surface area contributed by atoms with Crippen LogP contribution in [0.3, 0.4) is 0 Å². The SMILES string of the molecule is COC(=O)[C@@H](Nc1ccc([N+](=O)[O-])cc1C)[C@H](C(=O)OC)P(=O)(Oc1ccccc1)Oc1ccccc1. The Hall–Kier alpha value is -4.37. The Morgan fingerprint density at radius 2 is 1.38 bits per heavy atom. The smallest absolute Gasteiger partial charge is 0.447 e. The van der Waals surface area contributed by atoms with Crippen molar-refractivity contribution in [3.63, 3.8) is 0 Å². The van der Waals surface area contributed by atoms with Crippen molar-refractivity contribution in [2.45, 2.75) is 18.6 Å². The maximum absolute atomic E-state index is 14.5. The molecule has 3 rings (SSSR count). The molecule has 1 N–H and O–H groups in total. The van der Waals surface area contributed by atoms with Crippen LogP contribution in [-0.2, 0) is 23.6 Å². The number of carbonyl (C=O) groups is 2. The summed E-state index contributed by atoms with van der Waals surface area (Å²) in [5.74, 6) is -1.81. The third-order valence-corrected chi connectivity index (χ3v) is 7.36. The molecule has 0 radical (unpaired) electrons. The second-order valence-corrected chi connectivity index (χ2v) is 9.72. The van der Waals surface area contributed by atoms with E-state index in [1.165, 1.54) is 42.5 Å². The van der Waals surface area contributed by atoms with Gasteiger partial charge in [0.2, 0.25) is 5.66 Å². The van der Waals surface area contributed by atoms with E-state index < -0.39 is 36.2 Å². The molecule has 0 aliphatic carbocycles. The van der Waals surface area contributed by atoms with Crippen molar-refractivity contribution >= 4 is 30.9 Å². The molecule has 0 saturated carbocycles. The number of nitro benzene ring substituents is 1. The van der Waals surface area contributed by atoms with Crippen LogP contribution in [0.5, 0.6) is 11.5 Å². The van der Waals surface area contributed by atoms with Crippen LogP contribution in [0.4, 0.5) is 11.4 Å². The van der Waals surface area contributed by atoms with Crippen LogP contribution < -0.4 is 14.4 Å². The van der Waals surface area contributed by atoms with Crippen LogP contribution in [-0.4, -0.2) is 42.8 Å². The quantitative estimate of drug-likeness (QED) is 0.160. The summed E-state index contributed by atoms with van der Waals surface area (Å²) in [4.78, 5) is 36.7. The van der Waals surface area contributed by atoms with Gasteiger partial charge in [0, 0.05) is 17.8 Å². The lowest BCUT2D eigenvalue weighted by Gasteiger charge is -2.31. The van der Waals surface area contributed by atoms with Crippen molar-refractivity contribution in [3.8, 4) is 11.5 Å². The summed E-state index contributed by atoms with van der Waals surface area (Å²) in [5.41, 5.74) is -1.39. The van der Waals surface area contributed by atoms with E-state index in [9.17, 15) is 24.3 Å². The van der Waals surface area contributed by atoms with E-state index in [0.29, 0.717) is 5.56 Å². The third-order valence-electron chi connectivity index (χ3n) is 5.24. The molecule has 0 aromatic heterocycles. The minimum Gasteiger partial charge on any atom is -0.468 e. The van der Waals surface area contributed by atoms with E-state index >= 15 is 0 Å². The number of nitrogens with zero attached hydrogens (tertiary/aromatic N) is 1. The maximum atomic E-state index is 14.5. The minimum atomic E-state index is -4.59. The number of carbonyl (C=O) groups excluding carboxylic acids is 2. The molecule has 11 nitrogen and oxygen atoms in total. The number of aryl methyl sites for hydroxylation is 1. The van der Waals surface area contributed by atoms with E-state index in [-0.39, 0.29) is 22.9 Å². The van der Waals surface area contributed by atoms with Gasteiger partial charge in [-0.2, -0.15) is 0 Å². The molecule has 0 fully saturated rings. The number of nitrogens with one attached hydrogen (secondary N) is 1. The Kier molecular flexibility index (Phi) is 8.86. The summed E-state index contributed by atoms with van der Waals surface area (Å²) in [6.45, 7) is 1.57. The Morgan fingerprint density at radius 3 is 1.81 bits per heavy atom. The molecule has 37 heavy (non-hydrogen) atoms. The summed E-state index contributed by atoms with van der Waals surface area (Å²) in [6.07, 6.45) is 0. The zero-order chi connectivity index (χ0) is 27.0. The van der Waals surface area contributed by atoms with Crippen LogP contribution in [0, 0.1) is 17.0 Å². The molecule has 3 aromatic rings. The summed E-state index contributed by atoms with van der Waals surface area (Å²) in [5, 5.41) is 14.0. The number of esters is 2. The molecule has 3 aromatic carbocycles. The molecule has 0 aliphatic rings. The van der Waals surface area contributed by atoms with Gasteiger partial charge in [0.25, 0.3) is 5.69 Å². The number of rotatable bonds is 11. The fraction of sp³-hybridized carbons (Fsp3) is 0.200. The van der Waals surface area contributed by atoms with Crippen molar-refractivity contribution in [1.82, 2.24) is 0 Å². The van der Waals surface area contributed by atoms with Crippen molar-refractivity contribution in [1.29, 1.82) is 0 Å². The van der Waals surface area contributed by atoms with Crippen molar-refractivity contribution in [2.75, 3.05) is 19.5 Å². The predicted octanol–water partition coefficient (Wildman–Crippen LogP) is 4.75. The third kappa shape index (κ3) is 6.65. The lowest BCUT2D eigenvalue weighted by Crippen LogP contribution is -2.47. The van der Waals surface area contributed by atoms with Gasteiger partial charge in [0.15, 0.2) is 6.04 Å². The number of para-hydroxylation sites is 2. The highest BCUT2D eigenvalue weighted by Gasteiger charge is 2.54. The number of nitro groups is 1. The van der Waals surface area contributed by atoms with Gasteiger partial charge < -0.3 is 23.8 Å². The normalized spacial score (nSPS) is 12.5. The van der Waals surface area contributed by atoms with E-state index in [1.807, 2.05) is 0 Å². The number of hydrogen-bond acceptors (Lipinski definition) is 10. The molecule has 2 atom stereocenters. The maximum Gasteiger partial charge on any atom is 0.447 e. The van der Waals surface area contributed by atoms with E-state index in [1.54, 1.807) is 43.3 Å². The van der Waals surface area contributed by atoms with E-state index in [4.69, 9.17) is 18.5 Å². The average molecular weight is 528 g/mol. The number of non-ortho nitro benzene ring substituents is 1. The van der Waals surface area contributed by atoms with Gasteiger partial charge in [-0.3, -0.25) is 14.9 Å². The highest BCUT2D eigenvalue weighted by atomic mass is 31.2. The molecule has 12 heteroatoms. The monoisotopic (exact) mass is 528 g/mol. The molecule has 194 valence electrons. The van der Waals surface area contributed by atoms with Gasteiger partial charge in [-0.1, -0.05) is 36.4 Å². The van der Waals surface area contributed by atoms with Crippen molar-refractivity contribution in [3.05, 3.63) is 94.5 Å². The molecule has 0 heterocycles. The first-order valence-electron chi connectivity index (χ1n) is 10.9. The molecule has 0 unspecified atom stereocenters. The largest absolute Gasteiger partial charge is 0.468 e. The van der Waals surface area contributed by atoms with Gasteiger partial charge >= 0.3 is 19.5 Å². The van der Waals surface area contributed by atoms with Crippen LogP contribution in [0.25, 0.3) is 0 Å².